The molecule has 1 heterocycles. The molecule has 0 fully saturated rings. The first-order valence-electron chi connectivity index (χ1n) is 5.31. The molecule has 1 N–H and O–H groups in total. The predicted octanol–water partition coefficient (Wildman–Crippen LogP) is 1.94. The summed E-state index contributed by atoms with van der Waals surface area (Å²) in [5, 5.41) is 2.78. The smallest absolute Gasteiger partial charge is 0.253 e. The van der Waals surface area contributed by atoms with Gasteiger partial charge in [-0.2, -0.15) is 0 Å². The second-order valence-electron chi connectivity index (χ2n) is 3.87. The number of hydrogen-bond acceptors (Lipinski definition) is 3. The molecule has 0 aliphatic rings. The molecule has 0 saturated heterocycles. The zero-order valence-electron chi connectivity index (χ0n) is 9.60. The molecule has 0 unspecified atom stereocenters. The van der Waals surface area contributed by atoms with Crippen LogP contribution < -0.4 is 5.32 Å². The number of carbonyl (C=O) groups is 1. The standard InChI is InChI=1S/C13H13N3O/c1-9(2)8-16-13(17)10-4-3-5-11-12(10)15-7-6-14-11/h3-7H,1,8H2,2H3,(H,16,17). The fraction of sp³-hybridized carbons (Fsp3) is 0.154. The molecule has 1 aromatic carbocycles. The van der Waals surface area contributed by atoms with Crippen molar-refractivity contribution < 1.29 is 4.79 Å². The number of fused-ring (bicyclic) bond motifs is 1. The number of hydrogen-bond donors (Lipinski definition) is 1. The fourth-order valence-electron chi connectivity index (χ4n) is 1.50. The predicted molar refractivity (Wildman–Crippen MR) is 66.7 cm³/mol. The Morgan fingerprint density at radius 1 is 1.35 bits per heavy atom. The Bertz CT molecular complexity index is 572. The van der Waals surface area contributed by atoms with Crippen LogP contribution in [0.25, 0.3) is 11.0 Å². The van der Waals surface area contributed by atoms with Crippen LogP contribution in [0.3, 0.4) is 0 Å². The van der Waals surface area contributed by atoms with Gasteiger partial charge in [-0.3, -0.25) is 14.8 Å². The van der Waals surface area contributed by atoms with Crippen LogP contribution in [0.2, 0.25) is 0 Å². The van der Waals surface area contributed by atoms with Crippen molar-refractivity contribution in [1.82, 2.24) is 15.3 Å². The Kier molecular flexibility index (Phi) is 3.14. The first-order chi connectivity index (χ1) is 8.18. The summed E-state index contributed by atoms with van der Waals surface area (Å²) in [6.07, 6.45) is 3.19. The minimum Gasteiger partial charge on any atom is -0.348 e. The van der Waals surface area contributed by atoms with Gasteiger partial charge in [0.25, 0.3) is 5.91 Å². The molecule has 2 rings (SSSR count). The van der Waals surface area contributed by atoms with Crippen LogP contribution in [0.15, 0.2) is 42.7 Å². The van der Waals surface area contributed by atoms with E-state index in [1.165, 1.54) is 0 Å². The van der Waals surface area contributed by atoms with Crippen LogP contribution >= 0.6 is 0 Å². The molecule has 0 radical (unpaired) electrons. The number of benzene rings is 1. The molecule has 4 nitrogen and oxygen atoms in total. The SMILES string of the molecule is C=C(C)CNC(=O)c1cccc2nccnc12. The molecule has 1 amide bonds. The van der Waals surface area contributed by atoms with E-state index in [0.717, 1.165) is 11.1 Å². The number of carbonyl (C=O) groups excluding carboxylic acids is 1. The average molecular weight is 227 g/mol. The highest BCUT2D eigenvalue weighted by Gasteiger charge is 2.10. The second kappa shape index (κ2) is 4.74. The normalized spacial score (nSPS) is 10.2. The van der Waals surface area contributed by atoms with E-state index in [2.05, 4.69) is 21.9 Å². The molecule has 0 bridgehead atoms. The van der Waals surface area contributed by atoms with Gasteiger partial charge in [-0.1, -0.05) is 18.2 Å². The number of rotatable bonds is 3. The third-order valence-corrected chi connectivity index (χ3v) is 2.29. The van der Waals surface area contributed by atoms with E-state index < -0.39 is 0 Å². The van der Waals surface area contributed by atoms with Gasteiger partial charge < -0.3 is 5.32 Å². The highest BCUT2D eigenvalue weighted by Crippen LogP contribution is 2.13. The molecule has 0 aliphatic carbocycles. The monoisotopic (exact) mass is 227 g/mol. The van der Waals surface area contributed by atoms with Gasteiger partial charge in [-0.15, -0.1) is 0 Å². The third kappa shape index (κ3) is 2.47. The van der Waals surface area contributed by atoms with Gasteiger partial charge in [-0.05, 0) is 19.1 Å². The minimum atomic E-state index is -0.154. The van der Waals surface area contributed by atoms with Crippen molar-refractivity contribution in [3.8, 4) is 0 Å². The maximum atomic E-state index is 11.9. The molecule has 1 aromatic heterocycles. The lowest BCUT2D eigenvalue weighted by molar-refractivity contribution is 0.0958. The first kappa shape index (κ1) is 11.3. The summed E-state index contributed by atoms with van der Waals surface area (Å²) in [4.78, 5) is 20.3. The highest BCUT2D eigenvalue weighted by atomic mass is 16.1. The van der Waals surface area contributed by atoms with Crippen molar-refractivity contribution >= 4 is 16.9 Å². The van der Waals surface area contributed by atoms with Gasteiger partial charge in [0.15, 0.2) is 0 Å². The zero-order chi connectivity index (χ0) is 12.3. The van der Waals surface area contributed by atoms with Crippen molar-refractivity contribution in [2.75, 3.05) is 6.54 Å². The van der Waals surface area contributed by atoms with Crippen molar-refractivity contribution in [2.45, 2.75) is 6.92 Å². The van der Waals surface area contributed by atoms with E-state index >= 15 is 0 Å². The van der Waals surface area contributed by atoms with E-state index in [-0.39, 0.29) is 5.91 Å². The Hall–Kier alpha value is -2.23. The first-order valence-corrected chi connectivity index (χ1v) is 5.31. The Balaban J connectivity index is 2.35. The molecule has 2 aromatic rings. The molecule has 0 spiro atoms. The summed E-state index contributed by atoms with van der Waals surface area (Å²) in [5.74, 6) is -0.154. The lowest BCUT2D eigenvalue weighted by Gasteiger charge is -2.06. The van der Waals surface area contributed by atoms with Gasteiger partial charge in [-0.25, -0.2) is 0 Å². The molecular formula is C13H13N3O. The van der Waals surface area contributed by atoms with Crippen LogP contribution in [-0.4, -0.2) is 22.4 Å². The van der Waals surface area contributed by atoms with E-state index in [4.69, 9.17) is 0 Å². The Labute approximate surface area is 99.4 Å². The fourth-order valence-corrected chi connectivity index (χ4v) is 1.50. The largest absolute Gasteiger partial charge is 0.348 e. The van der Waals surface area contributed by atoms with Gasteiger partial charge >= 0.3 is 0 Å². The topological polar surface area (TPSA) is 54.9 Å². The average Bonchev–Trinajstić information content (AvgIpc) is 2.35. The summed E-state index contributed by atoms with van der Waals surface area (Å²) in [7, 11) is 0. The third-order valence-electron chi connectivity index (χ3n) is 2.29. The Morgan fingerprint density at radius 2 is 2.12 bits per heavy atom. The lowest BCUT2D eigenvalue weighted by atomic mass is 10.1. The molecule has 0 saturated carbocycles. The van der Waals surface area contributed by atoms with Gasteiger partial charge in [0.2, 0.25) is 0 Å². The van der Waals surface area contributed by atoms with Crippen LogP contribution in [0, 0.1) is 0 Å². The van der Waals surface area contributed by atoms with Crippen molar-refractivity contribution in [3.05, 3.63) is 48.3 Å². The second-order valence-corrected chi connectivity index (χ2v) is 3.87. The van der Waals surface area contributed by atoms with E-state index in [1.807, 2.05) is 13.0 Å². The molecule has 4 heteroatoms. The number of amides is 1. The van der Waals surface area contributed by atoms with E-state index in [0.29, 0.717) is 17.6 Å². The molecule has 17 heavy (non-hydrogen) atoms. The lowest BCUT2D eigenvalue weighted by Crippen LogP contribution is -2.25. The molecular weight excluding hydrogens is 214 g/mol. The molecule has 86 valence electrons. The maximum absolute atomic E-state index is 11.9. The number of nitrogens with zero attached hydrogens (tertiary/aromatic N) is 2. The maximum Gasteiger partial charge on any atom is 0.253 e. The number of aromatic nitrogens is 2. The van der Waals surface area contributed by atoms with Crippen LogP contribution in [0.1, 0.15) is 17.3 Å². The van der Waals surface area contributed by atoms with Crippen molar-refractivity contribution in [1.29, 1.82) is 0 Å². The van der Waals surface area contributed by atoms with E-state index in [9.17, 15) is 4.79 Å². The van der Waals surface area contributed by atoms with Gasteiger partial charge in [0, 0.05) is 18.9 Å². The van der Waals surface area contributed by atoms with Crippen molar-refractivity contribution in [2.24, 2.45) is 0 Å². The summed E-state index contributed by atoms with van der Waals surface area (Å²) in [6, 6.07) is 5.37. The van der Waals surface area contributed by atoms with Crippen LogP contribution in [0.5, 0.6) is 0 Å². The number of nitrogens with one attached hydrogen (secondary N) is 1. The van der Waals surface area contributed by atoms with Crippen molar-refractivity contribution in [3.63, 3.8) is 0 Å². The highest BCUT2D eigenvalue weighted by molar-refractivity contribution is 6.04. The van der Waals surface area contributed by atoms with Gasteiger partial charge in [0.05, 0.1) is 11.1 Å². The van der Waals surface area contributed by atoms with Crippen LogP contribution in [0.4, 0.5) is 0 Å². The summed E-state index contributed by atoms with van der Waals surface area (Å²) in [5.41, 5.74) is 2.78. The molecule has 0 aliphatic heterocycles. The summed E-state index contributed by atoms with van der Waals surface area (Å²) in [6.45, 7) is 6.07. The zero-order valence-corrected chi connectivity index (χ0v) is 9.60. The molecule has 0 atom stereocenters. The quantitative estimate of drug-likeness (QED) is 0.815. The van der Waals surface area contributed by atoms with Gasteiger partial charge in [0.1, 0.15) is 5.52 Å². The van der Waals surface area contributed by atoms with Crippen LogP contribution in [-0.2, 0) is 0 Å². The number of para-hydroxylation sites is 1. The Morgan fingerprint density at radius 3 is 2.88 bits per heavy atom. The minimum absolute atomic E-state index is 0.154. The summed E-state index contributed by atoms with van der Waals surface area (Å²) >= 11 is 0. The summed E-state index contributed by atoms with van der Waals surface area (Å²) < 4.78 is 0. The van der Waals surface area contributed by atoms with E-state index in [1.54, 1.807) is 24.5 Å².